The number of aryl methyl sites for hydroxylation is 1. The predicted octanol–water partition coefficient (Wildman–Crippen LogP) is 1.56. The highest BCUT2D eigenvalue weighted by molar-refractivity contribution is 7.18. The van der Waals surface area contributed by atoms with E-state index in [4.69, 9.17) is 0 Å². The zero-order chi connectivity index (χ0) is 11.0. The Labute approximate surface area is 98.1 Å². The zero-order valence-corrected chi connectivity index (χ0v) is 9.76. The molecule has 0 amide bonds. The number of nitrogens with zero attached hydrogens (tertiary/aromatic N) is 1. The van der Waals surface area contributed by atoms with Crippen molar-refractivity contribution in [1.82, 2.24) is 10.3 Å². The molecule has 16 heavy (non-hydrogen) atoms. The minimum atomic E-state index is -0.488. The molecule has 1 aromatic carbocycles. The van der Waals surface area contributed by atoms with E-state index >= 15 is 0 Å². The molecule has 0 unspecified atom stereocenters. The second-order valence-corrected chi connectivity index (χ2v) is 5.52. The van der Waals surface area contributed by atoms with E-state index in [1.54, 1.807) is 11.3 Å². The highest BCUT2D eigenvalue weighted by Crippen LogP contribution is 2.25. The Morgan fingerprint density at radius 3 is 2.88 bits per heavy atom. The normalized spacial score (nSPS) is 18.6. The van der Waals surface area contributed by atoms with Gasteiger partial charge in [0.2, 0.25) is 0 Å². The van der Waals surface area contributed by atoms with Gasteiger partial charge in [0.05, 0.1) is 20.8 Å². The fourth-order valence-electron chi connectivity index (χ4n) is 1.96. The Hall–Kier alpha value is -0.970. The minimum absolute atomic E-state index is 0.488. The monoisotopic (exact) mass is 234 g/mol. The molecule has 3 nitrogen and oxygen atoms in total. The molecule has 1 saturated heterocycles. The van der Waals surface area contributed by atoms with E-state index in [0.717, 1.165) is 36.5 Å². The largest absolute Gasteiger partial charge is 0.387 e. The molecular formula is C12H14N2OS. The number of benzene rings is 1. The second-order valence-electron chi connectivity index (χ2n) is 4.40. The van der Waals surface area contributed by atoms with Gasteiger partial charge in [0, 0.05) is 19.5 Å². The lowest BCUT2D eigenvalue weighted by atomic mass is 9.92. The van der Waals surface area contributed by atoms with Crippen molar-refractivity contribution in [2.24, 2.45) is 0 Å². The summed E-state index contributed by atoms with van der Waals surface area (Å²) in [6, 6.07) is 8.17. The molecule has 0 spiro atoms. The van der Waals surface area contributed by atoms with Gasteiger partial charge in [0.15, 0.2) is 0 Å². The molecule has 1 aromatic heterocycles. The molecule has 0 aliphatic carbocycles. The van der Waals surface area contributed by atoms with E-state index < -0.39 is 5.60 Å². The van der Waals surface area contributed by atoms with Crippen LogP contribution in [0.15, 0.2) is 24.3 Å². The third kappa shape index (κ3) is 1.84. The van der Waals surface area contributed by atoms with Crippen molar-refractivity contribution in [2.75, 3.05) is 13.1 Å². The molecule has 2 aromatic rings. The van der Waals surface area contributed by atoms with E-state index in [0.29, 0.717) is 0 Å². The predicted molar refractivity (Wildman–Crippen MR) is 65.8 cm³/mol. The number of rotatable bonds is 3. The van der Waals surface area contributed by atoms with E-state index in [9.17, 15) is 5.11 Å². The third-order valence-corrected chi connectivity index (χ3v) is 4.15. The van der Waals surface area contributed by atoms with Gasteiger partial charge in [0.1, 0.15) is 0 Å². The first-order valence-electron chi connectivity index (χ1n) is 5.53. The van der Waals surface area contributed by atoms with Crippen LogP contribution in [0.2, 0.25) is 0 Å². The SMILES string of the molecule is OC1(CCc2nc3ccccc3s2)CNC1. The highest BCUT2D eigenvalue weighted by atomic mass is 32.1. The summed E-state index contributed by atoms with van der Waals surface area (Å²) < 4.78 is 1.23. The highest BCUT2D eigenvalue weighted by Gasteiger charge is 2.33. The Bertz CT molecular complexity index is 471. The summed E-state index contributed by atoms with van der Waals surface area (Å²) in [5, 5.41) is 14.2. The maximum Gasteiger partial charge on any atom is 0.0939 e. The molecule has 0 atom stereocenters. The van der Waals surface area contributed by atoms with Gasteiger partial charge < -0.3 is 10.4 Å². The van der Waals surface area contributed by atoms with Gasteiger partial charge in [-0.2, -0.15) is 0 Å². The molecule has 1 aliphatic heterocycles. The lowest BCUT2D eigenvalue weighted by Gasteiger charge is -2.37. The van der Waals surface area contributed by atoms with E-state index in [2.05, 4.69) is 16.4 Å². The quantitative estimate of drug-likeness (QED) is 0.847. The molecule has 0 radical (unpaired) electrons. The summed E-state index contributed by atoms with van der Waals surface area (Å²) in [5.74, 6) is 0. The van der Waals surface area contributed by atoms with Gasteiger partial charge in [-0.25, -0.2) is 4.98 Å². The average Bonchev–Trinajstić information content (AvgIpc) is 2.66. The summed E-state index contributed by atoms with van der Waals surface area (Å²) >= 11 is 1.73. The van der Waals surface area contributed by atoms with Gasteiger partial charge >= 0.3 is 0 Å². The molecule has 3 rings (SSSR count). The molecule has 1 fully saturated rings. The van der Waals surface area contributed by atoms with Crippen LogP contribution in [0.4, 0.5) is 0 Å². The number of thiazole rings is 1. The molecule has 0 bridgehead atoms. The van der Waals surface area contributed by atoms with Crippen LogP contribution in [0.5, 0.6) is 0 Å². The fraction of sp³-hybridized carbons (Fsp3) is 0.417. The van der Waals surface area contributed by atoms with Gasteiger partial charge in [-0.1, -0.05) is 12.1 Å². The molecule has 4 heteroatoms. The molecule has 2 heterocycles. The van der Waals surface area contributed by atoms with Crippen LogP contribution < -0.4 is 5.32 Å². The van der Waals surface area contributed by atoms with E-state index in [-0.39, 0.29) is 0 Å². The van der Waals surface area contributed by atoms with Crippen LogP contribution in [-0.4, -0.2) is 28.8 Å². The topological polar surface area (TPSA) is 45.2 Å². The van der Waals surface area contributed by atoms with Crippen molar-refractivity contribution in [3.05, 3.63) is 29.3 Å². The molecular weight excluding hydrogens is 220 g/mol. The van der Waals surface area contributed by atoms with Crippen molar-refractivity contribution in [2.45, 2.75) is 18.4 Å². The maximum atomic E-state index is 9.96. The van der Waals surface area contributed by atoms with Gasteiger partial charge in [-0.05, 0) is 18.6 Å². The number of nitrogens with one attached hydrogen (secondary N) is 1. The molecule has 84 valence electrons. The average molecular weight is 234 g/mol. The van der Waals surface area contributed by atoms with Crippen molar-refractivity contribution < 1.29 is 5.11 Å². The second kappa shape index (κ2) is 3.80. The van der Waals surface area contributed by atoms with Gasteiger partial charge in [-0.3, -0.25) is 0 Å². The van der Waals surface area contributed by atoms with Crippen LogP contribution >= 0.6 is 11.3 Å². The lowest BCUT2D eigenvalue weighted by molar-refractivity contribution is -0.0167. The van der Waals surface area contributed by atoms with E-state index in [1.165, 1.54) is 4.70 Å². The minimum Gasteiger partial charge on any atom is -0.387 e. The summed E-state index contributed by atoms with van der Waals surface area (Å²) in [6.45, 7) is 1.44. The number of aliphatic hydroxyl groups is 1. The van der Waals surface area contributed by atoms with Crippen LogP contribution in [0.3, 0.4) is 0 Å². The number of para-hydroxylation sites is 1. The van der Waals surface area contributed by atoms with E-state index in [1.807, 2.05) is 18.2 Å². The van der Waals surface area contributed by atoms with Crippen molar-refractivity contribution in [1.29, 1.82) is 0 Å². The number of hydrogen-bond acceptors (Lipinski definition) is 4. The maximum absolute atomic E-state index is 9.96. The first kappa shape index (κ1) is 10.2. The lowest BCUT2D eigenvalue weighted by Crippen LogP contribution is -2.59. The van der Waals surface area contributed by atoms with Crippen LogP contribution in [-0.2, 0) is 6.42 Å². The Morgan fingerprint density at radius 1 is 1.38 bits per heavy atom. The van der Waals surface area contributed by atoms with Gasteiger partial charge in [0.25, 0.3) is 0 Å². The standard InChI is InChI=1S/C12H14N2OS/c15-12(7-13-8-12)6-5-11-14-9-3-1-2-4-10(9)16-11/h1-4,13,15H,5-8H2. The van der Waals surface area contributed by atoms with Crippen molar-refractivity contribution in [3.63, 3.8) is 0 Å². The number of aromatic nitrogens is 1. The third-order valence-electron chi connectivity index (χ3n) is 3.05. The first-order chi connectivity index (χ1) is 7.75. The summed E-state index contributed by atoms with van der Waals surface area (Å²) in [6.07, 6.45) is 1.68. The van der Waals surface area contributed by atoms with Crippen LogP contribution in [0.1, 0.15) is 11.4 Å². The summed E-state index contributed by atoms with van der Waals surface area (Å²) in [5.41, 5.74) is 0.582. The number of fused-ring (bicyclic) bond motifs is 1. The molecule has 2 N–H and O–H groups in total. The summed E-state index contributed by atoms with van der Waals surface area (Å²) in [7, 11) is 0. The van der Waals surface area contributed by atoms with Crippen molar-refractivity contribution in [3.8, 4) is 0 Å². The molecule has 0 saturated carbocycles. The Kier molecular flexibility index (Phi) is 2.42. The fourth-order valence-corrected chi connectivity index (χ4v) is 2.92. The van der Waals surface area contributed by atoms with Crippen LogP contribution in [0.25, 0.3) is 10.2 Å². The molecule has 1 aliphatic rings. The first-order valence-corrected chi connectivity index (χ1v) is 6.34. The van der Waals surface area contributed by atoms with Gasteiger partial charge in [-0.15, -0.1) is 11.3 Å². The Balaban J connectivity index is 1.74. The van der Waals surface area contributed by atoms with Crippen LogP contribution in [0, 0.1) is 0 Å². The zero-order valence-electron chi connectivity index (χ0n) is 8.94. The number of β-amino-alcohol motifs (C(OH)–C–C–N with tert-alkyl or cyclic N) is 1. The van der Waals surface area contributed by atoms with Crippen molar-refractivity contribution >= 4 is 21.6 Å². The summed E-state index contributed by atoms with van der Waals surface area (Å²) in [4.78, 5) is 4.56. The smallest absolute Gasteiger partial charge is 0.0939 e. The Morgan fingerprint density at radius 2 is 2.19 bits per heavy atom. The number of hydrogen-bond donors (Lipinski definition) is 2.